The van der Waals surface area contributed by atoms with Crippen LogP contribution >= 0.6 is 31.9 Å². The fraction of sp³-hybridized carbons (Fsp3) is 0.214. The molecule has 0 fully saturated rings. The van der Waals surface area contributed by atoms with E-state index in [1.165, 1.54) is 0 Å². The number of carbonyl (C=O) groups is 1. The number of benzene rings is 1. The highest BCUT2D eigenvalue weighted by Crippen LogP contribution is 2.25. The fourth-order valence-electron chi connectivity index (χ4n) is 1.71. The van der Waals surface area contributed by atoms with E-state index in [9.17, 15) is 4.79 Å². The number of ether oxygens (including phenoxy) is 1. The number of halogens is 2. The van der Waals surface area contributed by atoms with Crippen molar-refractivity contribution in [2.45, 2.75) is 6.42 Å². The van der Waals surface area contributed by atoms with Crippen LogP contribution in [-0.4, -0.2) is 19.6 Å². The lowest BCUT2D eigenvalue weighted by Crippen LogP contribution is -2.25. The summed E-state index contributed by atoms with van der Waals surface area (Å²) in [5, 5.41) is 2.81. The summed E-state index contributed by atoms with van der Waals surface area (Å²) in [7, 11) is 1.63. The number of hydrogen-bond acceptors (Lipinski definition) is 3. The van der Waals surface area contributed by atoms with Crippen LogP contribution in [0.5, 0.6) is 5.75 Å². The van der Waals surface area contributed by atoms with Crippen LogP contribution in [0.3, 0.4) is 0 Å². The Labute approximate surface area is 133 Å². The summed E-state index contributed by atoms with van der Waals surface area (Å²) in [5.74, 6) is 0.870. The fourth-order valence-corrected chi connectivity index (χ4v) is 2.60. The zero-order valence-electron chi connectivity index (χ0n) is 10.8. The maximum Gasteiger partial charge on any atom is 0.287 e. The topological polar surface area (TPSA) is 51.5 Å². The Morgan fingerprint density at radius 2 is 2.10 bits per heavy atom. The Morgan fingerprint density at radius 3 is 2.70 bits per heavy atom. The van der Waals surface area contributed by atoms with Gasteiger partial charge in [-0.2, -0.15) is 0 Å². The Hall–Kier alpha value is -1.27. The second kappa shape index (κ2) is 6.95. The standard InChI is InChI=1S/C14H13Br2NO3/c1-19-11-3-2-9(8-10(11)15)6-7-17-14(18)12-4-5-13(16)20-12/h2-5,8H,6-7H2,1H3,(H,17,18). The number of rotatable bonds is 5. The first-order valence-corrected chi connectivity index (χ1v) is 7.54. The summed E-state index contributed by atoms with van der Waals surface area (Å²) in [6.07, 6.45) is 0.732. The van der Waals surface area contributed by atoms with Gasteiger partial charge in [0.1, 0.15) is 5.75 Å². The molecule has 6 heteroatoms. The number of carbonyl (C=O) groups excluding carboxylic acids is 1. The zero-order chi connectivity index (χ0) is 14.5. The summed E-state index contributed by atoms with van der Waals surface area (Å²) in [6, 6.07) is 9.16. The van der Waals surface area contributed by atoms with Gasteiger partial charge in [-0.15, -0.1) is 0 Å². The van der Waals surface area contributed by atoms with Gasteiger partial charge in [0.15, 0.2) is 10.4 Å². The van der Waals surface area contributed by atoms with Gasteiger partial charge in [0.2, 0.25) is 0 Å². The van der Waals surface area contributed by atoms with Crippen LogP contribution in [0.1, 0.15) is 16.1 Å². The molecule has 0 bridgehead atoms. The molecular formula is C14H13Br2NO3. The largest absolute Gasteiger partial charge is 0.496 e. The second-order valence-corrected chi connectivity index (χ2v) is 5.71. The number of nitrogens with one attached hydrogen (secondary N) is 1. The number of furan rings is 1. The third kappa shape index (κ3) is 3.86. The van der Waals surface area contributed by atoms with E-state index in [1.54, 1.807) is 19.2 Å². The quantitative estimate of drug-likeness (QED) is 0.827. The molecule has 0 aliphatic carbocycles. The molecule has 0 unspecified atom stereocenters. The lowest BCUT2D eigenvalue weighted by atomic mass is 10.1. The molecule has 1 amide bonds. The van der Waals surface area contributed by atoms with Crippen molar-refractivity contribution in [2.75, 3.05) is 13.7 Å². The van der Waals surface area contributed by atoms with Crippen molar-refractivity contribution in [3.8, 4) is 5.75 Å². The van der Waals surface area contributed by atoms with E-state index in [4.69, 9.17) is 9.15 Å². The monoisotopic (exact) mass is 401 g/mol. The predicted molar refractivity (Wildman–Crippen MR) is 83.1 cm³/mol. The molecule has 2 rings (SSSR count). The second-order valence-electron chi connectivity index (χ2n) is 4.08. The van der Waals surface area contributed by atoms with Crippen LogP contribution in [0.25, 0.3) is 0 Å². The Balaban J connectivity index is 1.87. The highest BCUT2D eigenvalue weighted by molar-refractivity contribution is 9.10. The lowest BCUT2D eigenvalue weighted by molar-refractivity contribution is 0.0925. The summed E-state index contributed by atoms with van der Waals surface area (Å²) in [5.41, 5.74) is 1.11. The Bertz CT molecular complexity index is 610. The Morgan fingerprint density at radius 1 is 1.30 bits per heavy atom. The molecule has 0 radical (unpaired) electrons. The van der Waals surface area contributed by atoms with E-state index >= 15 is 0 Å². The first-order valence-electron chi connectivity index (χ1n) is 5.96. The minimum atomic E-state index is -0.219. The van der Waals surface area contributed by atoms with Gasteiger partial charge in [-0.3, -0.25) is 4.79 Å². The average molecular weight is 403 g/mol. The third-order valence-electron chi connectivity index (χ3n) is 2.71. The zero-order valence-corrected chi connectivity index (χ0v) is 14.0. The molecular weight excluding hydrogens is 390 g/mol. The maximum absolute atomic E-state index is 11.8. The molecule has 2 aromatic rings. The van der Waals surface area contributed by atoms with Crippen molar-refractivity contribution in [3.63, 3.8) is 0 Å². The summed E-state index contributed by atoms with van der Waals surface area (Å²) in [4.78, 5) is 11.8. The number of methoxy groups -OCH3 is 1. The third-order valence-corrected chi connectivity index (χ3v) is 3.76. The minimum Gasteiger partial charge on any atom is -0.496 e. The van der Waals surface area contributed by atoms with Gasteiger partial charge in [0.25, 0.3) is 5.91 Å². The summed E-state index contributed by atoms with van der Waals surface area (Å²) >= 11 is 6.60. The lowest BCUT2D eigenvalue weighted by Gasteiger charge is -2.07. The van der Waals surface area contributed by atoms with E-state index in [2.05, 4.69) is 37.2 Å². The first-order chi connectivity index (χ1) is 9.60. The molecule has 1 aromatic carbocycles. The number of amides is 1. The van der Waals surface area contributed by atoms with Gasteiger partial charge in [0, 0.05) is 6.54 Å². The molecule has 0 atom stereocenters. The molecule has 1 N–H and O–H groups in total. The van der Waals surface area contributed by atoms with Crippen LogP contribution in [0.15, 0.2) is 43.9 Å². The SMILES string of the molecule is COc1ccc(CCNC(=O)c2ccc(Br)o2)cc1Br. The van der Waals surface area contributed by atoms with Crippen molar-refractivity contribution in [1.82, 2.24) is 5.32 Å². The van der Waals surface area contributed by atoms with E-state index in [1.807, 2.05) is 18.2 Å². The molecule has 4 nitrogen and oxygen atoms in total. The van der Waals surface area contributed by atoms with Gasteiger partial charge >= 0.3 is 0 Å². The van der Waals surface area contributed by atoms with Crippen LogP contribution < -0.4 is 10.1 Å². The van der Waals surface area contributed by atoms with Gasteiger partial charge in [0.05, 0.1) is 11.6 Å². The van der Waals surface area contributed by atoms with Crippen molar-refractivity contribution in [2.24, 2.45) is 0 Å². The average Bonchev–Trinajstić information content (AvgIpc) is 2.85. The summed E-state index contributed by atoms with van der Waals surface area (Å²) in [6.45, 7) is 0.538. The first kappa shape index (κ1) is 15.1. The highest BCUT2D eigenvalue weighted by Gasteiger charge is 2.09. The summed E-state index contributed by atoms with van der Waals surface area (Å²) < 4.78 is 11.8. The van der Waals surface area contributed by atoms with Crippen molar-refractivity contribution in [1.29, 1.82) is 0 Å². The van der Waals surface area contributed by atoms with Crippen LogP contribution in [0, 0.1) is 0 Å². The molecule has 0 saturated heterocycles. The van der Waals surface area contributed by atoms with Crippen LogP contribution in [0.2, 0.25) is 0 Å². The molecule has 106 valence electrons. The van der Waals surface area contributed by atoms with Crippen molar-refractivity contribution >= 4 is 37.8 Å². The smallest absolute Gasteiger partial charge is 0.287 e. The van der Waals surface area contributed by atoms with Crippen LogP contribution in [-0.2, 0) is 6.42 Å². The minimum absolute atomic E-state index is 0.219. The van der Waals surface area contributed by atoms with Gasteiger partial charge in [-0.05, 0) is 68.1 Å². The van der Waals surface area contributed by atoms with Crippen molar-refractivity contribution in [3.05, 3.63) is 50.8 Å². The highest BCUT2D eigenvalue weighted by atomic mass is 79.9. The molecule has 0 saturated carbocycles. The molecule has 0 aliphatic rings. The molecule has 1 aromatic heterocycles. The van der Waals surface area contributed by atoms with E-state index in [-0.39, 0.29) is 5.91 Å². The molecule has 0 spiro atoms. The van der Waals surface area contributed by atoms with E-state index < -0.39 is 0 Å². The van der Waals surface area contributed by atoms with Gasteiger partial charge < -0.3 is 14.5 Å². The van der Waals surface area contributed by atoms with E-state index in [0.29, 0.717) is 17.0 Å². The number of hydrogen-bond donors (Lipinski definition) is 1. The molecule has 20 heavy (non-hydrogen) atoms. The predicted octanol–water partition coefficient (Wildman–Crippen LogP) is 3.79. The molecule has 1 heterocycles. The van der Waals surface area contributed by atoms with Gasteiger partial charge in [-0.1, -0.05) is 6.07 Å². The molecule has 0 aliphatic heterocycles. The maximum atomic E-state index is 11.8. The normalized spacial score (nSPS) is 10.3. The van der Waals surface area contributed by atoms with Crippen LogP contribution in [0.4, 0.5) is 0 Å². The Kier molecular flexibility index (Phi) is 5.25. The van der Waals surface area contributed by atoms with Crippen molar-refractivity contribution < 1.29 is 13.9 Å². The van der Waals surface area contributed by atoms with Gasteiger partial charge in [-0.25, -0.2) is 0 Å². The van der Waals surface area contributed by atoms with E-state index in [0.717, 1.165) is 22.2 Å².